The number of hydrogen-bond donors (Lipinski definition) is 3. The molecule has 0 atom stereocenters. The van der Waals surface area contributed by atoms with Crippen LogP contribution in [-0.2, 0) is 6.54 Å². The second-order valence-corrected chi connectivity index (χ2v) is 5.58. The van der Waals surface area contributed by atoms with Crippen molar-refractivity contribution in [3.05, 3.63) is 50.6 Å². The van der Waals surface area contributed by atoms with Crippen molar-refractivity contribution in [1.82, 2.24) is 9.97 Å². The lowest BCUT2D eigenvalue weighted by Gasteiger charge is -2.04. The van der Waals surface area contributed by atoms with Gasteiger partial charge in [0, 0.05) is 22.0 Å². The summed E-state index contributed by atoms with van der Waals surface area (Å²) in [5.41, 5.74) is 2.49. The van der Waals surface area contributed by atoms with Crippen LogP contribution in [0, 0.1) is 6.92 Å². The highest BCUT2D eigenvalue weighted by Gasteiger charge is 2.01. The third kappa shape index (κ3) is 2.17. The van der Waals surface area contributed by atoms with Crippen LogP contribution in [0.2, 0.25) is 0 Å². The highest BCUT2D eigenvalue weighted by atomic mass is 32.1. The van der Waals surface area contributed by atoms with E-state index < -0.39 is 0 Å². The van der Waals surface area contributed by atoms with E-state index in [-0.39, 0.29) is 5.69 Å². The van der Waals surface area contributed by atoms with Gasteiger partial charge in [-0.3, -0.25) is 0 Å². The minimum Gasteiger partial charge on any atom is -0.380 e. The summed E-state index contributed by atoms with van der Waals surface area (Å²) in [6.07, 6.45) is 0. The highest BCUT2D eigenvalue weighted by molar-refractivity contribution is 7.11. The summed E-state index contributed by atoms with van der Waals surface area (Å²) in [5.74, 6) is 0. The number of H-pyrrole nitrogens is 2. The van der Waals surface area contributed by atoms with Gasteiger partial charge in [0.25, 0.3) is 0 Å². The van der Waals surface area contributed by atoms with Crippen molar-refractivity contribution < 1.29 is 0 Å². The van der Waals surface area contributed by atoms with Crippen molar-refractivity contribution in [2.75, 3.05) is 5.32 Å². The van der Waals surface area contributed by atoms with Gasteiger partial charge in [-0.25, -0.2) is 4.79 Å². The quantitative estimate of drug-likeness (QED) is 0.677. The molecule has 0 radical (unpaired) electrons. The van der Waals surface area contributed by atoms with Crippen molar-refractivity contribution >= 4 is 28.1 Å². The number of rotatable bonds is 3. The van der Waals surface area contributed by atoms with E-state index in [2.05, 4.69) is 34.3 Å². The second-order valence-electron chi connectivity index (χ2n) is 4.21. The standard InChI is InChI=1S/C13H13N3OS/c1-8-2-4-10(18-8)7-14-9-3-5-11-12(6-9)16-13(17)15-11/h2-6,14H,7H2,1H3,(H2,15,16,17). The topological polar surface area (TPSA) is 60.7 Å². The van der Waals surface area contributed by atoms with Gasteiger partial charge < -0.3 is 15.3 Å². The molecular weight excluding hydrogens is 246 g/mol. The number of aromatic nitrogens is 2. The number of aromatic amines is 2. The number of fused-ring (bicyclic) bond motifs is 1. The lowest BCUT2D eigenvalue weighted by molar-refractivity contribution is 1.19. The molecule has 5 heteroatoms. The van der Waals surface area contributed by atoms with Crippen LogP contribution in [0.15, 0.2) is 35.1 Å². The summed E-state index contributed by atoms with van der Waals surface area (Å²) in [4.78, 5) is 19.2. The van der Waals surface area contributed by atoms with Crippen LogP contribution in [-0.4, -0.2) is 9.97 Å². The fourth-order valence-electron chi connectivity index (χ4n) is 1.91. The van der Waals surface area contributed by atoms with E-state index in [0.29, 0.717) is 0 Å². The maximum absolute atomic E-state index is 11.2. The fourth-order valence-corrected chi connectivity index (χ4v) is 2.74. The summed E-state index contributed by atoms with van der Waals surface area (Å²) in [7, 11) is 0. The molecule has 3 N–H and O–H groups in total. The molecular formula is C13H13N3OS. The van der Waals surface area contributed by atoms with E-state index in [1.807, 2.05) is 18.2 Å². The highest BCUT2D eigenvalue weighted by Crippen LogP contribution is 2.18. The Morgan fingerprint density at radius 1 is 1.17 bits per heavy atom. The van der Waals surface area contributed by atoms with Crippen molar-refractivity contribution in [2.45, 2.75) is 13.5 Å². The minimum atomic E-state index is -0.170. The number of aryl methyl sites for hydroxylation is 1. The molecule has 2 aromatic heterocycles. The summed E-state index contributed by atoms with van der Waals surface area (Å²) in [6, 6.07) is 10.0. The monoisotopic (exact) mass is 259 g/mol. The van der Waals surface area contributed by atoms with Gasteiger partial charge in [0.1, 0.15) is 0 Å². The first-order valence-electron chi connectivity index (χ1n) is 5.72. The van der Waals surface area contributed by atoms with E-state index in [1.165, 1.54) is 9.75 Å². The molecule has 0 saturated carbocycles. The van der Waals surface area contributed by atoms with Crippen molar-refractivity contribution in [3.63, 3.8) is 0 Å². The zero-order valence-corrected chi connectivity index (χ0v) is 10.7. The molecule has 3 aromatic rings. The Morgan fingerprint density at radius 3 is 2.78 bits per heavy atom. The number of anilines is 1. The fraction of sp³-hybridized carbons (Fsp3) is 0.154. The summed E-state index contributed by atoms with van der Waals surface area (Å²) in [6.45, 7) is 2.91. The Kier molecular flexibility index (Phi) is 2.68. The molecule has 92 valence electrons. The molecule has 0 saturated heterocycles. The van der Waals surface area contributed by atoms with E-state index in [4.69, 9.17) is 0 Å². The van der Waals surface area contributed by atoms with Crippen LogP contribution in [0.5, 0.6) is 0 Å². The number of hydrogen-bond acceptors (Lipinski definition) is 3. The van der Waals surface area contributed by atoms with E-state index >= 15 is 0 Å². The molecule has 0 bridgehead atoms. The molecule has 2 heterocycles. The van der Waals surface area contributed by atoms with Gasteiger partial charge in [-0.05, 0) is 37.3 Å². The molecule has 1 aromatic carbocycles. The molecule has 0 amide bonds. The molecule has 3 rings (SSSR count). The van der Waals surface area contributed by atoms with Crippen LogP contribution < -0.4 is 11.0 Å². The van der Waals surface area contributed by atoms with Gasteiger partial charge in [0.2, 0.25) is 0 Å². The SMILES string of the molecule is Cc1ccc(CNc2ccc3[nH]c(=O)[nH]c3c2)s1. The largest absolute Gasteiger partial charge is 0.380 e. The minimum absolute atomic E-state index is 0.170. The summed E-state index contributed by atoms with van der Waals surface area (Å²) in [5, 5.41) is 3.35. The maximum Gasteiger partial charge on any atom is 0.323 e. The zero-order valence-electron chi connectivity index (χ0n) is 9.91. The van der Waals surface area contributed by atoms with Crippen LogP contribution in [0.25, 0.3) is 11.0 Å². The van der Waals surface area contributed by atoms with Gasteiger partial charge >= 0.3 is 5.69 Å². The molecule has 0 spiro atoms. The first-order valence-corrected chi connectivity index (χ1v) is 6.53. The Bertz CT molecular complexity index is 738. The molecule has 18 heavy (non-hydrogen) atoms. The van der Waals surface area contributed by atoms with Crippen molar-refractivity contribution in [3.8, 4) is 0 Å². The van der Waals surface area contributed by atoms with E-state index in [9.17, 15) is 4.79 Å². The normalized spacial score (nSPS) is 10.9. The number of nitrogens with one attached hydrogen (secondary N) is 3. The van der Waals surface area contributed by atoms with Crippen LogP contribution in [0.1, 0.15) is 9.75 Å². The first kappa shape index (κ1) is 11.1. The van der Waals surface area contributed by atoms with Crippen molar-refractivity contribution in [2.24, 2.45) is 0 Å². The summed E-state index contributed by atoms with van der Waals surface area (Å²) < 4.78 is 0. The van der Waals surface area contributed by atoms with Gasteiger partial charge in [-0.15, -0.1) is 11.3 Å². The van der Waals surface area contributed by atoms with Gasteiger partial charge in [-0.2, -0.15) is 0 Å². The summed E-state index contributed by atoms with van der Waals surface area (Å²) >= 11 is 1.79. The lowest BCUT2D eigenvalue weighted by Crippen LogP contribution is -1.99. The molecule has 0 aliphatic rings. The average Bonchev–Trinajstić information content (AvgIpc) is 2.90. The number of thiophene rings is 1. The van der Waals surface area contributed by atoms with Crippen LogP contribution >= 0.6 is 11.3 Å². The Labute approximate surface area is 108 Å². The Balaban J connectivity index is 1.80. The first-order chi connectivity index (χ1) is 8.70. The third-order valence-electron chi connectivity index (χ3n) is 2.78. The Hall–Kier alpha value is -2.01. The third-order valence-corrected chi connectivity index (χ3v) is 3.78. The average molecular weight is 259 g/mol. The van der Waals surface area contributed by atoms with Gasteiger partial charge in [0.15, 0.2) is 0 Å². The molecule has 0 aliphatic heterocycles. The maximum atomic E-state index is 11.2. The predicted molar refractivity (Wildman–Crippen MR) is 75.3 cm³/mol. The lowest BCUT2D eigenvalue weighted by atomic mass is 10.2. The predicted octanol–water partition coefficient (Wildman–Crippen LogP) is 2.84. The van der Waals surface area contributed by atoms with Gasteiger partial charge in [-0.1, -0.05) is 0 Å². The van der Waals surface area contributed by atoms with E-state index in [0.717, 1.165) is 23.3 Å². The molecule has 4 nitrogen and oxygen atoms in total. The van der Waals surface area contributed by atoms with Crippen LogP contribution in [0.4, 0.5) is 5.69 Å². The number of imidazole rings is 1. The van der Waals surface area contributed by atoms with Crippen molar-refractivity contribution in [1.29, 1.82) is 0 Å². The molecule has 0 aliphatic carbocycles. The smallest absolute Gasteiger partial charge is 0.323 e. The van der Waals surface area contributed by atoms with Crippen LogP contribution in [0.3, 0.4) is 0 Å². The Morgan fingerprint density at radius 2 is 2.00 bits per heavy atom. The second kappa shape index (κ2) is 4.34. The number of benzene rings is 1. The molecule has 0 fully saturated rings. The van der Waals surface area contributed by atoms with E-state index in [1.54, 1.807) is 11.3 Å². The molecule has 0 unspecified atom stereocenters. The van der Waals surface area contributed by atoms with Gasteiger partial charge in [0.05, 0.1) is 11.0 Å². The zero-order chi connectivity index (χ0) is 12.5.